The first-order chi connectivity index (χ1) is 9.74. The summed E-state index contributed by atoms with van der Waals surface area (Å²) in [4.78, 5) is 11.4. The van der Waals surface area contributed by atoms with Gasteiger partial charge in [0.1, 0.15) is 5.82 Å². The number of thiophene rings is 1. The maximum atomic E-state index is 13.8. The molecule has 0 aliphatic heterocycles. The van der Waals surface area contributed by atoms with E-state index in [1.165, 1.54) is 6.07 Å². The van der Waals surface area contributed by atoms with Crippen molar-refractivity contribution in [1.29, 1.82) is 0 Å². The fraction of sp³-hybridized carbons (Fsp3) is 0. The Morgan fingerprint density at radius 2 is 2.05 bits per heavy atom. The van der Waals surface area contributed by atoms with E-state index in [1.807, 2.05) is 17.5 Å². The van der Waals surface area contributed by atoms with Gasteiger partial charge in [-0.05, 0) is 41.2 Å². The highest BCUT2D eigenvalue weighted by molar-refractivity contribution is 7.17. The molecule has 20 heavy (non-hydrogen) atoms. The molecule has 1 aromatic carbocycles. The molecule has 0 aliphatic rings. The Balaban J connectivity index is 2.14. The van der Waals surface area contributed by atoms with Crippen LogP contribution in [0.3, 0.4) is 0 Å². The van der Waals surface area contributed by atoms with Crippen molar-refractivity contribution in [3.63, 3.8) is 0 Å². The third-order valence-electron chi connectivity index (χ3n) is 3.20. The summed E-state index contributed by atoms with van der Waals surface area (Å²) in [5, 5.41) is 2.92. The third kappa shape index (κ3) is 1.63. The molecule has 0 atom stereocenters. The number of H-pyrrole nitrogens is 1. The van der Waals surface area contributed by atoms with E-state index in [-0.39, 0.29) is 11.1 Å². The van der Waals surface area contributed by atoms with Crippen LogP contribution in [0.5, 0.6) is 0 Å². The van der Waals surface area contributed by atoms with Gasteiger partial charge in [0.15, 0.2) is 0 Å². The highest BCUT2D eigenvalue weighted by Gasteiger charge is 2.15. The average Bonchev–Trinajstić information content (AvgIpc) is 3.06. The molecule has 0 aliphatic carbocycles. The Hall–Kier alpha value is -1.98. The molecular formula is C14H7ClFN3S. The van der Waals surface area contributed by atoms with Gasteiger partial charge < -0.3 is 4.98 Å². The van der Waals surface area contributed by atoms with E-state index >= 15 is 0 Å². The topological polar surface area (TPSA) is 41.6 Å². The lowest BCUT2D eigenvalue weighted by molar-refractivity contribution is 0.637. The minimum Gasteiger partial charge on any atom is -0.359 e. The van der Waals surface area contributed by atoms with Crippen molar-refractivity contribution in [3.05, 3.63) is 46.9 Å². The van der Waals surface area contributed by atoms with Crippen LogP contribution in [0.1, 0.15) is 0 Å². The molecule has 0 spiro atoms. The molecule has 1 N–H and O–H groups in total. The van der Waals surface area contributed by atoms with Gasteiger partial charge in [-0.1, -0.05) is 0 Å². The molecule has 0 radical (unpaired) electrons. The highest BCUT2D eigenvalue weighted by atomic mass is 35.5. The SMILES string of the molecule is Fc1ccc(-c2nc(Cl)nc3ccsc23)c2cc[nH]c12. The number of nitrogens with zero attached hydrogens (tertiary/aromatic N) is 2. The number of fused-ring (bicyclic) bond motifs is 2. The second-order valence-electron chi connectivity index (χ2n) is 4.34. The predicted octanol–water partition coefficient (Wildman–Crippen LogP) is 4.63. The van der Waals surface area contributed by atoms with Gasteiger partial charge in [0.25, 0.3) is 0 Å². The van der Waals surface area contributed by atoms with Gasteiger partial charge in [-0.25, -0.2) is 14.4 Å². The molecule has 0 fully saturated rings. The molecule has 6 heteroatoms. The van der Waals surface area contributed by atoms with E-state index in [1.54, 1.807) is 23.6 Å². The Bertz CT molecular complexity index is 944. The Morgan fingerprint density at radius 3 is 2.95 bits per heavy atom. The summed E-state index contributed by atoms with van der Waals surface area (Å²) in [5.41, 5.74) is 2.86. The molecule has 3 nitrogen and oxygen atoms in total. The summed E-state index contributed by atoms with van der Waals surface area (Å²) in [6.07, 6.45) is 1.71. The number of hydrogen-bond acceptors (Lipinski definition) is 3. The minimum atomic E-state index is -0.281. The molecule has 98 valence electrons. The lowest BCUT2D eigenvalue weighted by Crippen LogP contribution is -1.90. The van der Waals surface area contributed by atoms with Crippen molar-refractivity contribution >= 4 is 44.1 Å². The highest BCUT2D eigenvalue weighted by Crippen LogP contribution is 2.35. The number of aromatic amines is 1. The first kappa shape index (κ1) is 11.8. The van der Waals surface area contributed by atoms with Crippen molar-refractivity contribution in [2.24, 2.45) is 0 Å². The van der Waals surface area contributed by atoms with E-state index in [4.69, 9.17) is 11.6 Å². The van der Waals surface area contributed by atoms with Gasteiger partial charge in [-0.15, -0.1) is 11.3 Å². The molecule has 0 bridgehead atoms. The average molecular weight is 304 g/mol. The quantitative estimate of drug-likeness (QED) is 0.521. The number of nitrogens with one attached hydrogen (secondary N) is 1. The van der Waals surface area contributed by atoms with E-state index in [9.17, 15) is 4.39 Å². The maximum absolute atomic E-state index is 13.8. The van der Waals surface area contributed by atoms with Crippen molar-refractivity contribution in [2.45, 2.75) is 0 Å². The van der Waals surface area contributed by atoms with Crippen LogP contribution in [-0.2, 0) is 0 Å². The maximum Gasteiger partial charge on any atom is 0.223 e. The Labute approximate surface area is 122 Å². The first-order valence-electron chi connectivity index (χ1n) is 5.91. The minimum absolute atomic E-state index is 0.193. The Kier molecular flexibility index (Phi) is 2.52. The van der Waals surface area contributed by atoms with Crippen LogP contribution >= 0.6 is 22.9 Å². The lowest BCUT2D eigenvalue weighted by atomic mass is 10.1. The summed E-state index contributed by atoms with van der Waals surface area (Å²) in [5.74, 6) is -0.281. The van der Waals surface area contributed by atoms with Gasteiger partial charge in [0, 0.05) is 17.1 Å². The van der Waals surface area contributed by atoms with Crippen LogP contribution in [-0.4, -0.2) is 15.0 Å². The summed E-state index contributed by atoms with van der Waals surface area (Å²) >= 11 is 7.53. The molecule has 0 saturated carbocycles. The number of aromatic nitrogens is 3. The number of rotatable bonds is 1. The molecule has 4 rings (SSSR count). The van der Waals surface area contributed by atoms with E-state index in [2.05, 4.69) is 15.0 Å². The summed E-state index contributed by atoms with van der Waals surface area (Å²) in [6, 6.07) is 6.89. The van der Waals surface area contributed by atoms with Crippen LogP contribution in [0.4, 0.5) is 4.39 Å². The van der Waals surface area contributed by atoms with Crippen LogP contribution in [0, 0.1) is 5.82 Å². The monoisotopic (exact) mass is 303 g/mol. The zero-order chi connectivity index (χ0) is 13.7. The van der Waals surface area contributed by atoms with Crippen LogP contribution in [0.2, 0.25) is 5.28 Å². The molecule has 0 saturated heterocycles. The summed E-state index contributed by atoms with van der Waals surface area (Å²) in [7, 11) is 0. The summed E-state index contributed by atoms with van der Waals surface area (Å²) in [6.45, 7) is 0. The second-order valence-corrected chi connectivity index (χ2v) is 5.59. The molecule has 3 heterocycles. The van der Waals surface area contributed by atoms with Crippen molar-refractivity contribution in [2.75, 3.05) is 0 Å². The molecular weight excluding hydrogens is 297 g/mol. The van der Waals surface area contributed by atoms with Crippen LogP contribution in [0.15, 0.2) is 35.8 Å². The van der Waals surface area contributed by atoms with Crippen molar-refractivity contribution < 1.29 is 4.39 Å². The zero-order valence-electron chi connectivity index (χ0n) is 10.0. The molecule has 4 aromatic rings. The number of halogens is 2. The normalized spacial score (nSPS) is 11.5. The van der Waals surface area contributed by atoms with Crippen LogP contribution in [0.25, 0.3) is 32.4 Å². The van der Waals surface area contributed by atoms with Gasteiger partial charge in [-0.3, -0.25) is 0 Å². The van der Waals surface area contributed by atoms with Gasteiger partial charge in [0.05, 0.1) is 21.4 Å². The van der Waals surface area contributed by atoms with Gasteiger partial charge >= 0.3 is 0 Å². The molecule has 3 aromatic heterocycles. The first-order valence-corrected chi connectivity index (χ1v) is 7.16. The molecule has 0 amide bonds. The van der Waals surface area contributed by atoms with Gasteiger partial charge in [0.2, 0.25) is 5.28 Å². The van der Waals surface area contributed by atoms with Gasteiger partial charge in [-0.2, -0.15) is 0 Å². The fourth-order valence-corrected chi connectivity index (χ4v) is 3.36. The fourth-order valence-electron chi connectivity index (χ4n) is 2.35. The largest absolute Gasteiger partial charge is 0.359 e. The van der Waals surface area contributed by atoms with Crippen molar-refractivity contribution in [3.8, 4) is 11.3 Å². The van der Waals surface area contributed by atoms with E-state index in [0.717, 1.165) is 26.9 Å². The lowest BCUT2D eigenvalue weighted by Gasteiger charge is -2.05. The summed E-state index contributed by atoms with van der Waals surface area (Å²) < 4.78 is 14.7. The van der Waals surface area contributed by atoms with E-state index in [0.29, 0.717) is 5.52 Å². The smallest absolute Gasteiger partial charge is 0.223 e. The predicted molar refractivity (Wildman–Crippen MR) is 79.7 cm³/mol. The Morgan fingerprint density at radius 1 is 1.15 bits per heavy atom. The number of benzene rings is 1. The van der Waals surface area contributed by atoms with Crippen LogP contribution < -0.4 is 0 Å². The number of hydrogen-bond donors (Lipinski definition) is 1. The zero-order valence-corrected chi connectivity index (χ0v) is 11.6. The molecule has 0 unspecified atom stereocenters. The second kappa shape index (κ2) is 4.26. The van der Waals surface area contributed by atoms with Crippen molar-refractivity contribution in [1.82, 2.24) is 15.0 Å². The third-order valence-corrected chi connectivity index (χ3v) is 4.28. The standard InChI is InChI=1S/C14H7ClFN3S/c15-14-18-10-4-6-20-13(10)12(19-14)7-1-2-9(16)11-8(7)3-5-17-11/h1-6,17H. The van der Waals surface area contributed by atoms with E-state index < -0.39 is 0 Å².